The third kappa shape index (κ3) is 7.21. The Bertz CT molecular complexity index is 916. The highest BCUT2D eigenvalue weighted by Gasteiger charge is 2.28. The molecule has 0 aliphatic rings. The smallest absolute Gasteiger partial charge is 0.475 e. The van der Waals surface area contributed by atoms with Crippen LogP contribution in [0.2, 0.25) is 0 Å². The van der Waals surface area contributed by atoms with E-state index in [0.29, 0.717) is 0 Å². The van der Waals surface area contributed by atoms with Gasteiger partial charge in [0.1, 0.15) is 11.3 Å². The molecule has 10 heteroatoms. The number of carboxylic acids is 1. The van der Waals surface area contributed by atoms with Gasteiger partial charge in [0, 0.05) is 6.54 Å². The summed E-state index contributed by atoms with van der Waals surface area (Å²) in [6.07, 6.45) is -0.131. The van der Waals surface area contributed by atoms with Gasteiger partial charge in [-0.1, -0.05) is 36.4 Å². The molecule has 2 rings (SSSR count). The van der Waals surface area contributed by atoms with Crippen LogP contribution in [0.4, 0.5) is 0 Å². The Hall–Kier alpha value is -3.21. The molecule has 1 atom stereocenters. The fraction of sp³-hybridized carbons (Fsp3) is 0.286. The Morgan fingerprint density at radius 2 is 1.77 bits per heavy atom. The number of nitrogens with one attached hydrogen (secondary N) is 1. The van der Waals surface area contributed by atoms with Gasteiger partial charge in [-0.15, -0.1) is 0 Å². The molecule has 1 amide bonds. The predicted octanol–water partition coefficient (Wildman–Crippen LogP) is 0.264. The highest BCUT2D eigenvalue weighted by Crippen LogP contribution is 2.25. The summed E-state index contributed by atoms with van der Waals surface area (Å²) in [5.41, 5.74) is 1.83. The zero-order valence-corrected chi connectivity index (χ0v) is 17.3. The molecule has 0 fully saturated rings. The molecule has 2 aromatic rings. The molecule has 0 aliphatic carbocycles. The number of amides is 1. The van der Waals surface area contributed by atoms with E-state index in [0.717, 1.165) is 17.7 Å². The molecule has 164 valence electrons. The summed E-state index contributed by atoms with van der Waals surface area (Å²) < 4.78 is 4.81. The molecule has 4 N–H and O–H groups in total. The molecule has 0 bridgehead atoms. The van der Waals surface area contributed by atoms with Crippen molar-refractivity contribution in [3.05, 3.63) is 64.7 Å². The van der Waals surface area contributed by atoms with Gasteiger partial charge in [-0.3, -0.25) is 9.59 Å². The number of rotatable bonds is 11. The molecule has 0 aliphatic heterocycles. The van der Waals surface area contributed by atoms with Crippen LogP contribution in [0.25, 0.3) is 0 Å². The van der Waals surface area contributed by atoms with Crippen LogP contribution in [0.15, 0.2) is 42.5 Å². The van der Waals surface area contributed by atoms with Crippen LogP contribution >= 0.6 is 0 Å². The SMILES string of the molecule is CN(C)Cc1ccc(CC(=O)N[C@@H](Cc2cccc(C(=O)O)c2OC=O)B(O)O)cc1. The molecule has 0 aromatic heterocycles. The summed E-state index contributed by atoms with van der Waals surface area (Å²) in [7, 11) is 2.00. The zero-order chi connectivity index (χ0) is 23.0. The number of hydrogen-bond acceptors (Lipinski definition) is 7. The molecule has 0 unspecified atom stereocenters. The van der Waals surface area contributed by atoms with Crippen LogP contribution in [0.5, 0.6) is 5.75 Å². The van der Waals surface area contributed by atoms with E-state index in [1.54, 1.807) is 0 Å². The largest absolute Gasteiger partial charge is 0.478 e. The number of aromatic carboxylic acids is 1. The number of carbonyl (C=O) groups is 3. The van der Waals surface area contributed by atoms with Gasteiger partial charge in [-0.2, -0.15) is 0 Å². The van der Waals surface area contributed by atoms with E-state index in [4.69, 9.17) is 4.74 Å². The summed E-state index contributed by atoms with van der Waals surface area (Å²) >= 11 is 0. The van der Waals surface area contributed by atoms with E-state index in [2.05, 4.69) is 5.32 Å². The van der Waals surface area contributed by atoms with Gasteiger partial charge in [-0.05, 0) is 43.3 Å². The normalized spacial score (nSPS) is 11.6. The van der Waals surface area contributed by atoms with Gasteiger partial charge >= 0.3 is 13.1 Å². The first-order valence-electron chi connectivity index (χ1n) is 9.54. The van der Waals surface area contributed by atoms with Crippen molar-refractivity contribution in [2.24, 2.45) is 0 Å². The molecule has 2 aromatic carbocycles. The lowest BCUT2D eigenvalue weighted by molar-refractivity contribution is -0.121. The molecule has 0 spiro atoms. The Labute approximate surface area is 180 Å². The van der Waals surface area contributed by atoms with Gasteiger partial charge in [0.2, 0.25) is 5.91 Å². The lowest BCUT2D eigenvalue weighted by Gasteiger charge is -2.20. The number of nitrogens with zero attached hydrogens (tertiary/aromatic N) is 1. The van der Waals surface area contributed by atoms with Crippen molar-refractivity contribution in [2.45, 2.75) is 25.3 Å². The minimum Gasteiger partial charge on any atom is -0.478 e. The summed E-state index contributed by atoms with van der Waals surface area (Å²) in [4.78, 5) is 36.6. The zero-order valence-electron chi connectivity index (χ0n) is 17.3. The summed E-state index contributed by atoms with van der Waals surface area (Å²) in [6, 6.07) is 11.7. The van der Waals surface area contributed by atoms with Gasteiger partial charge in [0.05, 0.1) is 12.4 Å². The first-order valence-corrected chi connectivity index (χ1v) is 9.54. The third-order valence-electron chi connectivity index (χ3n) is 4.53. The number of carbonyl (C=O) groups excluding carboxylic acids is 2. The number of carboxylic acid groups (broad SMARTS) is 1. The predicted molar refractivity (Wildman–Crippen MR) is 113 cm³/mol. The van der Waals surface area contributed by atoms with Crippen LogP contribution in [-0.4, -0.2) is 65.6 Å². The van der Waals surface area contributed by atoms with Gasteiger partial charge in [0.15, 0.2) is 0 Å². The topological polar surface area (TPSA) is 136 Å². The molecule has 0 saturated heterocycles. The Kier molecular flexibility index (Phi) is 8.74. The summed E-state index contributed by atoms with van der Waals surface area (Å²) in [6.45, 7) is 0.861. The lowest BCUT2D eigenvalue weighted by Crippen LogP contribution is -2.48. The lowest BCUT2D eigenvalue weighted by atomic mass is 9.75. The number of para-hydroxylation sites is 1. The molecular weight excluding hydrogens is 403 g/mol. The number of hydrogen-bond donors (Lipinski definition) is 4. The van der Waals surface area contributed by atoms with Crippen molar-refractivity contribution in [1.82, 2.24) is 10.2 Å². The van der Waals surface area contributed by atoms with E-state index in [1.807, 2.05) is 43.3 Å². The number of benzene rings is 2. The number of ether oxygens (including phenoxy) is 1. The molecular formula is C21H25BN2O7. The molecule has 0 heterocycles. The van der Waals surface area contributed by atoms with E-state index >= 15 is 0 Å². The first kappa shape index (κ1) is 24.1. The Balaban J connectivity index is 2.11. The van der Waals surface area contributed by atoms with Crippen LogP contribution < -0.4 is 10.1 Å². The van der Waals surface area contributed by atoms with Crippen molar-refractivity contribution in [3.63, 3.8) is 0 Å². The fourth-order valence-electron chi connectivity index (χ4n) is 3.14. The maximum atomic E-state index is 12.4. The van der Waals surface area contributed by atoms with E-state index < -0.39 is 24.9 Å². The van der Waals surface area contributed by atoms with Gasteiger partial charge in [-0.25, -0.2) is 4.79 Å². The highest BCUT2D eigenvalue weighted by molar-refractivity contribution is 6.43. The minimum absolute atomic E-state index is 0.0261. The van der Waals surface area contributed by atoms with Crippen molar-refractivity contribution >= 4 is 25.5 Å². The van der Waals surface area contributed by atoms with Crippen molar-refractivity contribution in [2.75, 3.05) is 14.1 Å². The fourth-order valence-corrected chi connectivity index (χ4v) is 3.14. The molecule has 31 heavy (non-hydrogen) atoms. The standard InChI is InChI=1S/C21H25BN2O7/c1-24(2)12-15-8-6-14(7-9-15)10-19(26)23-18(22(29)30)11-16-4-3-5-17(21(27)28)20(16)31-13-25/h3-9,13,18,29-30H,10-12H2,1-2H3,(H,23,26)(H,27,28)/t18-/m0/s1. The van der Waals surface area contributed by atoms with Crippen LogP contribution in [0, 0.1) is 0 Å². The third-order valence-corrected chi connectivity index (χ3v) is 4.53. The van der Waals surface area contributed by atoms with Crippen molar-refractivity contribution in [3.8, 4) is 5.75 Å². The highest BCUT2D eigenvalue weighted by atomic mass is 16.5. The van der Waals surface area contributed by atoms with Crippen LogP contribution in [0.3, 0.4) is 0 Å². The van der Waals surface area contributed by atoms with E-state index in [9.17, 15) is 29.5 Å². The maximum absolute atomic E-state index is 12.4. The monoisotopic (exact) mass is 428 g/mol. The van der Waals surface area contributed by atoms with Gasteiger partial charge in [0.25, 0.3) is 6.47 Å². The average Bonchev–Trinajstić information content (AvgIpc) is 2.69. The summed E-state index contributed by atoms with van der Waals surface area (Å²) in [5.74, 6) is -3.09. The maximum Gasteiger partial charge on any atom is 0.475 e. The minimum atomic E-state index is -1.91. The van der Waals surface area contributed by atoms with Crippen molar-refractivity contribution in [1.29, 1.82) is 0 Å². The van der Waals surface area contributed by atoms with Gasteiger partial charge < -0.3 is 30.1 Å². The second-order valence-corrected chi connectivity index (χ2v) is 7.34. The first-order chi connectivity index (χ1) is 14.7. The van der Waals surface area contributed by atoms with E-state index in [-0.39, 0.29) is 36.2 Å². The average molecular weight is 428 g/mol. The molecule has 0 radical (unpaired) electrons. The van der Waals surface area contributed by atoms with Crippen molar-refractivity contribution < 1.29 is 34.3 Å². The quantitative estimate of drug-likeness (QED) is 0.296. The second kappa shape index (κ2) is 11.3. The molecule has 9 nitrogen and oxygen atoms in total. The second-order valence-electron chi connectivity index (χ2n) is 7.34. The van der Waals surface area contributed by atoms with Crippen LogP contribution in [0.1, 0.15) is 27.0 Å². The molecule has 0 saturated carbocycles. The van der Waals surface area contributed by atoms with Crippen LogP contribution in [-0.2, 0) is 29.0 Å². The Morgan fingerprint density at radius 3 is 2.32 bits per heavy atom. The Morgan fingerprint density at radius 1 is 1.13 bits per heavy atom. The van der Waals surface area contributed by atoms with E-state index in [1.165, 1.54) is 18.2 Å². The summed E-state index contributed by atoms with van der Waals surface area (Å²) in [5, 5.41) is 31.2.